The van der Waals surface area contributed by atoms with Crippen LogP contribution in [0.3, 0.4) is 0 Å². The summed E-state index contributed by atoms with van der Waals surface area (Å²) in [5.74, 6) is 0. The molecule has 0 amide bonds. The molecule has 0 radical (unpaired) electrons. The molecule has 17 heavy (non-hydrogen) atoms. The summed E-state index contributed by atoms with van der Waals surface area (Å²) in [4.78, 5) is 5.11. The number of nitrogens with one attached hydrogen (secondary N) is 1. The van der Waals surface area contributed by atoms with Crippen molar-refractivity contribution < 1.29 is 0 Å². The van der Waals surface area contributed by atoms with Crippen molar-refractivity contribution in [2.75, 3.05) is 39.8 Å². The van der Waals surface area contributed by atoms with Crippen LogP contribution in [0.2, 0.25) is 0 Å². The Hall–Kier alpha value is -0.120. The van der Waals surface area contributed by atoms with Crippen LogP contribution in [0, 0.1) is 0 Å². The molecule has 1 aliphatic rings. The first-order valence-electron chi connectivity index (χ1n) is 7.29. The molecular weight excluding hydrogens is 210 g/mol. The van der Waals surface area contributed by atoms with E-state index in [1.165, 1.54) is 45.4 Å². The summed E-state index contributed by atoms with van der Waals surface area (Å²) in [6.07, 6.45) is 3.81. The van der Waals surface area contributed by atoms with E-state index in [1.54, 1.807) is 0 Å². The van der Waals surface area contributed by atoms with Crippen LogP contribution in [0.15, 0.2) is 0 Å². The smallest absolute Gasteiger partial charge is 0.0112 e. The Morgan fingerprint density at radius 1 is 1.12 bits per heavy atom. The van der Waals surface area contributed by atoms with Crippen molar-refractivity contribution in [2.45, 2.75) is 52.1 Å². The van der Waals surface area contributed by atoms with E-state index in [9.17, 15) is 0 Å². The predicted molar refractivity (Wildman–Crippen MR) is 75.5 cm³/mol. The molecule has 0 aliphatic carbocycles. The molecule has 102 valence electrons. The van der Waals surface area contributed by atoms with Gasteiger partial charge in [0.1, 0.15) is 0 Å². The zero-order chi connectivity index (χ0) is 12.7. The average Bonchev–Trinajstić information content (AvgIpc) is 2.51. The highest BCUT2D eigenvalue weighted by Crippen LogP contribution is 2.10. The molecule has 0 bridgehead atoms. The minimum Gasteiger partial charge on any atom is -0.314 e. The van der Waals surface area contributed by atoms with Gasteiger partial charge in [-0.15, -0.1) is 0 Å². The molecule has 3 nitrogen and oxygen atoms in total. The van der Waals surface area contributed by atoms with E-state index in [0.29, 0.717) is 12.1 Å². The molecule has 1 rings (SSSR count). The number of hydrogen-bond acceptors (Lipinski definition) is 3. The first-order valence-corrected chi connectivity index (χ1v) is 7.29. The third-order valence-electron chi connectivity index (χ3n) is 3.81. The standard InChI is InChI=1S/C14H31N3/c1-5-7-15-13(2)12-14(3)17-9-6-8-16(4)10-11-17/h13-15H,5-12H2,1-4H3. The van der Waals surface area contributed by atoms with Gasteiger partial charge in [0, 0.05) is 25.2 Å². The fourth-order valence-corrected chi connectivity index (χ4v) is 2.64. The highest BCUT2D eigenvalue weighted by Gasteiger charge is 2.18. The van der Waals surface area contributed by atoms with E-state index in [2.05, 4.69) is 42.9 Å². The van der Waals surface area contributed by atoms with Gasteiger partial charge >= 0.3 is 0 Å². The Morgan fingerprint density at radius 2 is 1.88 bits per heavy atom. The molecule has 1 heterocycles. The lowest BCUT2D eigenvalue weighted by molar-refractivity contribution is 0.194. The van der Waals surface area contributed by atoms with Crippen LogP contribution >= 0.6 is 0 Å². The van der Waals surface area contributed by atoms with E-state index in [4.69, 9.17) is 0 Å². The van der Waals surface area contributed by atoms with Crippen molar-refractivity contribution in [1.29, 1.82) is 0 Å². The molecule has 1 aliphatic heterocycles. The van der Waals surface area contributed by atoms with E-state index < -0.39 is 0 Å². The molecule has 0 aromatic heterocycles. The second kappa shape index (κ2) is 8.06. The maximum absolute atomic E-state index is 3.59. The maximum atomic E-state index is 3.59. The van der Waals surface area contributed by atoms with Gasteiger partial charge in [-0.3, -0.25) is 4.90 Å². The molecule has 1 saturated heterocycles. The fourth-order valence-electron chi connectivity index (χ4n) is 2.64. The van der Waals surface area contributed by atoms with Crippen molar-refractivity contribution in [3.63, 3.8) is 0 Å². The Kier molecular flexibility index (Phi) is 7.09. The molecule has 0 spiro atoms. The lowest BCUT2D eigenvalue weighted by Gasteiger charge is -2.30. The van der Waals surface area contributed by atoms with Gasteiger partial charge in [0.2, 0.25) is 0 Å². The number of hydrogen-bond donors (Lipinski definition) is 1. The number of nitrogens with zero attached hydrogens (tertiary/aromatic N) is 2. The van der Waals surface area contributed by atoms with Gasteiger partial charge < -0.3 is 10.2 Å². The van der Waals surface area contributed by atoms with Crippen molar-refractivity contribution in [3.8, 4) is 0 Å². The van der Waals surface area contributed by atoms with Crippen LogP contribution < -0.4 is 5.32 Å². The van der Waals surface area contributed by atoms with E-state index in [0.717, 1.165) is 6.54 Å². The Balaban J connectivity index is 2.28. The fraction of sp³-hybridized carbons (Fsp3) is 1.00. The summed E-state index contributed by atoms with van der Waals surface area (Å²) in [5, 5.41) is 3.59. The van der Waals surface area contributed by atoms with Gasteiger partial charge in [0.15, 0.2) is 0 Å². The molecule has 2 unspecified atom stereocenters. The first kappa shape index (κ1) is 14.9. The van der Waals surface area contributed by atoms with Crippen molar-refractivity contribution in [2.24, 2.45) is 0 Å². The zero-order valence-electron chi connectivity index (χ0n) is 12.2. The molecule has 3 heteroatoms. The van der Waals surface area contributed by atoms with Gasteiger partial charge in [0.05, 0.1) is 0 Å². The van der Waals surface area contributed by atoms with Crippen LogP contribution in [-0.4, -0.2) is 61.7 Å². The monoisotopic (exact) mass is 241 g/mol. The molecule has 0 saturated carbocycles. The van der Waals surface area contributed by atoms with E-state index in [1.807, 2.05) is 0 Å². The number of rotatable bonds is 6. The van der Waals surface area contributed by atoms with E-state index >= 15 is 0 Å². The largest absolute Gasteiger partial charge is 0.314 e. The Labute approximate surface area is 108 Å². The van der Waals surface area contributed by atoms with Crippen LogP contribution in [0.5, 0.6) is 0 Å². The molecule has 0 aromatic carbocycles. The van der Waals surface area contributed by atoms with Crippen LogP contribution in [-0.2, 0) is 0 Å². The van der Waals surface area contributed by atoms with Crippen molar-refractivity contribution >= 4 is 0 Å². The quantitative estimate of drug-likeness (QED) is 0.765. The topological polar surface area (TPSA) is 18.5 Å². The predicted octanol–water partition coefficient (Wildman–Crippen LogP) is 1.79. The first-order chi connectivity index (χ1) is 8.13. The van der Waals surface area contributed by atoms with Gasteiger partial charge in [-0.05, 0) is 59.8 Å². The van der Waals surface area contributed by atoms with Gasteiger partial charge in [0.25, 0.3) is 0 Å². The van der Waals surface area contributed by atoms with E-state index in [-0.39, 0.29) is 0 Å². The summed E-state index contributed by atoms with van der Waals surface area (Å²) in [7, 11) is 2.24. The summed E-state index contributed by atoms with van der Waals surface area (Å²) in [6, 6.07) is 1.35. The van der Waals surface area contributed by atoms with Crippen molar-refractivity contribution in [3.05, 3.63) is 0 Å². The normalized spacial score (nSPS) is 23.3. The Bertz CT molecular complexity index is 196. The molecule has 1 fully saturated rings. The molecule has 1 N–H and O–H groups in total. The van der Waals surface area contributed by atoms with Crippen molar-refractivity contribution in [1.82, 2.24) is 15.1 Å². The molecular formula is C14H31N3. The lowest BCUT2D eigenvalue weighted by Crippen LogP contribution is -2.40. The highest BCUT2D eigenvalue weighted by atomic mass is 15.2. The third-order valence-corrected chi connectivity index (χ3v) is 3.81. The molecule has 0 aromatic rings. The van der Waals surface area contributed by atoms with Gasteiger partial charge in [-0.2, -0.15) is 0 Å². The van der Waals surface area contributed by atoms with Crippen LogP contribution in [0.4, 0.5) is 0 Å². The summed E-state index contributed by atoms with van der Waals surface area (Å²) in [6.45, 7) is 13.1. The van der Waals surface area contributed by atoms with Crippen LogP contribution in [0.1, 0.15) is 40.0 Å². The summed E-state index contributed by atoms with van der Waals surface area (Å²) >= 11 is 0. The summed E-state index contributed by atoms with van der Waals surface area (Å²) < 4.78 is 0. The lowest BCUT2D eigenvalue weighted by atomic mass is 10.1. The SMILES string of the molecule is CCCNC(C)CC(C)N1CCCN(C)CC1. The van der Waals surface area contributed by atoms with Gasteiger partial charge in [-0.1, -0.05) is 6.92 Å². The highest BCUT2D eigenvalue weighted by molar-refractivity contribution is 4.76. The van der Waals surface area contributed by atoms with Crippen LogP contribution in [0.25, 0.3) is 0 Å². The number of likely N-dealkylation sites (N-methyl/N-ethyl adjacent to an activating group) is 1. The second-order valence-corrected chi connectivity index (χ2v) is 5.63. The van der Waals surface area contributed by atoms with Gasteiger partial charge in [-0.25, -0.2) is 0 Å². The summed E-state index contributed by atoms with van der Waals surface area (Å²) in [5.41, 5.74) is 0. The molecule has 2 atom stereocenters. The second-order valence-electron chi connectivity index (χ2n) is 5.63. The Morgan fingerprint density at radius 3 is 2.59 bits per heavy atom. The third kappa shape index (κ3) is 5.84. The zero-order valence-corrected chi connectivity index (χ0v) is 12.2. The minimum absolute atomic E-state index is 0.644. The minimum atomic E-state index is 0.644. The average molecular weight is 241 g/mol. The maximum Gasteiger partial charge on any atom is 0.0112 e.